The van der Waals surface area contributed by atoms with E-state index in [1.807, 2.05) is 4.90 Å². The van der Waals surface area contributed by atoms with Gasteiger partial charge in [-0.05, 0) is 36.6 Å². The molecule has 1 saturated heterocycles. The lowest BCUT2D eigenvalue weighted by Crippen LogP contribution is -3.15. The van der Waals surface area contributed by atoms with Crippen molar-refractivity contribution in [3.63, 3.8) is 0 Å². The Bertz CT molecular complexity index is 606. The van der Waals surface area contributed by atoms with Gasteiger partial charge in [-0.15, -0.1) is 0 Å². The van der Waals surface area contributed by atoms with Crippen molar-refractivity contribution in [2.45, 2.75) is 38.5 Å². The van der Waals surface area contributed by atoms with Crippen LogP contribution in [-0.2, 0) is 9.59 Å². The van der Waals surface area contributed by atoms with E-state index >= 15 is 0 Å². The van der Waals surface area contributed by atoms with E-state index in [9.17, 15) is 14.0 Å². The fraction of sp³-hybridized carbons (Fsp3) is 0.600. The maximum Gasteiger partial charge on any atom is 0.279 e. The van der Waals surface area contributed by atoms with Crippen molar-refractivity contribution in [2.75, 3.05) is 38.0 Å². The Morgan fingerprint density at radius 1 is 1.12 bits per heavy atom. The zero-order chi connectivity index (χ0) is 18.4. The summed E-state index contributed by atoms with van der Waals surface area (Å²) in [7, 11) is 0. The minimum Gasteiger partial charge on any atom is -0.331 e. The fourth-order valence-corrected chi connectivity index (χ4v) is 4.00. The Labute approximate surface area is 154 Å². The number of carbonyl (C=O) groups is 2. The second-order valence-electron chi connectivity index (χ2n) is 7.55. The number of piperazine rings is 1. The molecule has 1 aliphatic carbocycles. The maximum atomic E-state index is 12.9. The van der Waals surface area contributed by atoms with Gasteiger partial charge in [-0.25, -0.2) is 4.39 Å². The van der Waals surface area contributed by atoms with Crippen LogP contribution >= 0.6 is 0 Å². The van der Waals surface area contributed by atoms with Crippen molar-refractivity contribution < 1.29 is 18.9 Å². The van der Waals surface area contributed by atoms with Gasteiger partial charge in [0, 0.05) is 12.1 Å². The molecule has 1 aliphatic heterocycles. The predicted octanol–water partition coefficient (Wildman–Crippen LogP) is 1.46. The first kappa shape index (κ1) is 18.8. The molecule has 142 valence electrons. The van der Waals surface area contributed by atoms with Crippen molar-refractivity contribution >= 4 is 17.5 Å². The first-order chi connectivity index (χ1) is 12.6. The monoisotopic (exact) mass is 362 g/mol. The molecule has 0 atom stereocenters. The first-order valence-corrected chi connectivity index (χ1v) is 9.77. The number of benzene rings is 1. The normalized spacial score (nSPS) is 18.9. The van der Waals surface area contributed by atoms with Crippen LogP contribution in [0.1, 0.15) is 38.5 Å². The molecule has 1 heterocycles. The molecule has 5 nitrogen and oxygen atoms in total. The van der Waals surface area contributed by atoms with Gasteiger partial charge >= 0.3 is 0 Å². The van der Waals surface area contributed by atoms with Gasteiger partial charge in [-0.1, -0.05) is 25.7 Å². The van der Waals surface area contributed by atoms with Crippen LogP contribution < -0.4 is 10.2 Å². The summed E-state index contributed by atoms with van der Waals surface area (Å²) >= 11 is 0. The Morgan fingerprint density at radius 2 is 1.77 bits per heavy atom. The third kappa shape index (κ3) is 5.53. The molecule has 6 heteroatoms. The summed E-state index contributed by atoms with van der Waals surface area (Å²) in [6.45, 7) is 3.42. The van der Waals surface area contributed by atoms with E-state index in [2.05, 4.69) is 5.32 Å². The lowest BCUT2D eigenvalue weighted by Gasteiger charge is -2.32. The Hall–Kier alpha value is -1.95. The van der Waals surface area contributed by atoms with E-state index in [0.717, 1.165) is 38.5 Å². The van der Waals surface area contributed by atoms with Gasteiger partial charge in [-0.2, -0.15) is 0 Å². The Morgan fingerprint density at radius 3 is 2.42 bits per heavy atom. The molecular weight excluding hydrogens is 333 g/mol. The quantitative estimate of drug-likeness (QED) is 0.805. The molecule has 0 unspecified atom stereocenters. The van der Waals surface area contributed by atoms with Crippen molar-refractivity contribution in [1.29, 1.82) is 0 Å². The van der Waals surface area contributed by atoms with Crippen LogP contribution in [0, 0.1) is 11.7 Å². The largest absolute Gasteiger partial charge is 0.331 e. The molecule has 0 spiro atoms. The van der Waals surface area contributed by atoms with Crippen LogP contribution in [0.25, 0.3) is 0 Å². The van der Waals surface area contributed by atoms with E-state index in [1.54, 1.807) is 12.1 Å². The van der Waals surface area contributed by atoms with Gasteiger partial charge in [0.15, 0.2) is 6.54 Å². The van der Waals surface area contributed by atoms with E-state index in [-0.39, 0.29) is 17.6 Å². The molecule has 2 aliphatic rings. The number of quaternary nitrogens is 1. The van der Waals surface area contributed by atoms with E-state index in [0.29, 0.717) is 18.7 Å². The summed E-state index contributed by atoms with van der Waals surface area (Å²) in [5.74, 6) is 0.627. The molecule has 0 radical (unpaired) electrons. The molecule has 26 heavy (non-hydrogen) atoms. The summed E-state index contributed by atoms with van der Waals surface area (Å²) in [4.78, 5) is 27.6. The highest BCUT2D eigenvalue weighted by molar-refractivity contribution is 5.91. The van der Waals surface area contributed by atoms with Gasteiger partial charge in [0.2, 0.25) is 5.91 Å². The highest BCUT2D eigenvalue weighted by Crippen LogP contribution is 2.28. The van der Waals surface area contributed by atoms with Crippen LogP contribution in [0.15, 0.2) is 24.3 Å². The van der Waals surface area contributed by atoms with Crippen LogP contribution in [0.3, 0.4) is 0 Å². The smallest absolute Gasteiger partial charge is 0.279 e. The molecule has 2 amide bonds. The molecule has 1 saturated carbocycles. The fourth-order valence-electron chi connectivity index (χ4n) is 4.00. The summed E-state index contributed by atoms with van der Waals surface area (Å²) in [5, 5.41) is 2.79. The van der Waals surface area contributed by atoms with E-state index < -0.39 is 0 Å². The molecular formula is C20H29FN3O2+. The number of hydrogen-bond donors (Lipinski definition) is 2. The number of nitrogens with zero attached hydrogens (tertiary/aromatic N) is 1. The van der Waals surface area contributed by atoms with E-state index in [1.165, 1.54) is 42.7 Å². The van der Waals surface area contributed by atoms with Crippen LogP contribution in [0.5, 0.6) is 0 Å². The summed E-state index contributed by atoms with van der Waals surface area (Å²) < 4.78 is 12.9. The van der Waals surface area contributed by atoms with Crippen molar-refractivity contribution in [1.82, 2.24) is 4.90 Å². The minimum atomic E-state index is -0.317. The zero-order valence-corrected chi connectivity index (χ0v) is 15.3. The molecule has 1 aromatic rings. The molecule has 2 N–H and O–H groups in total. The molecule has 3 rings (SSSR count). The number of amides is 2. The first-order valence-electron chi connectivity index (χ1n) is 9.77. The minimum absolute atomic E-state index is 0.0763. The van der Waals surface area contributed by atoms with E-state index in [4.69, 9.17) is 0 Å². The molecule has 0 bridgehead atoms. The number of anilines is 1. The van der Waals surface area contributed by atoms with Gasteiger partial charge in [0.1, 0.15) is 5.82 Å². The van der Waals surface area contributed by atoms with Gasteiger partial charge < -0.3 is 15.1 Å². The van der Waals surface area contributed by atoms with Gasteiger partial charge in [0.05, 0.1) is 26.2 Å². The SMILES string of the molecule is O=C(C[NH+]1CCN(C(=O)CCC2CCCC2)CC1)Nc1ccc(F)cc1. The van der Waals surface area contributed by atoms with Crippen LogP contribution in [-0.4, -0.2) is 49.4 Å². The van der Waals surface area contributed by atoms with Crippen molar-refractivity contribution in [3.05, 3.63) is 30.1 Å². The van der Waals surface area contributed by atoms with Gasteiger partial charge in [-0.3, -0.25) is 9.59 Å². The molecule has 1 aromatic carbocycles. The number of halogens is 1. The van der Waals surface area contributed by atoms with Crippen LogP contribution in [0.4, 0.5) is 10.1 Å². The lowest BCUT2D eigenvalue weighted by atomic mass is 10.0. The molecule has 0 aromatic heterocycles. The highest BCUT2D eigenvalue weighted by atomic mass is 19.1. The number of nitrogens with one attached hydrogen (secondary N) is 2. The lowest BCUT2D eigenvalue weighted by molar-refractivity contribution is -0.895. The summed E-state index contributed by atoms with van der Waals surface area (Å²) in [6, 6.07) is 5.78. The number of hydrogen-bond acceptors (Lipinski definition) is 2. The summed E-state index contributed by atoms with van der Waals surface area (Å²) in [5.41, 5.74) is 0.608. The Balaban J connectivity index is 1.35. The van der Waals surface area contributed by atoms with Gasteiger partial charge in [0.25, 0.3) is 5.91 Å². The molecule has 2 fully saturated rings. The highest BCUT2D eigenvalue weighted by Gasteiger charge is 2.26. The third-order valence-corrected chi connectivity index (χ3v) is 5.60. The van der Waals surface area contributed by atoms with Crippen molar-refractivity contribution in [2.24, 2.45) is 5.92 Å². The second-order valence-corrected chi connectivity index (χ2v) is 7.55. The van der Waals surface area contributed by atoms with Crippen LogP contribution in [0.2, 0.25) is 0 Å². The number of rotatable bonds is 6. The van der Waals surface area contributed by atoms with Crippen molar-refractivity contribution in [3.8, 4) is 0 Å². The third-order valence-electron chi connectivity index (χ3n) is 5.60. The average molecular weight is 362 g/mol. The standard InChI is InChI=1S/C20H28FN3O2/c21-17-6-8-18(9-7-17)22-19(25)15-23-11-13-24(14-12-23)20(26)10-5-16-3-1-2-4-16/h6-9,16H,1-5,10-15H2,(H,22,25)/p+1. The predicted molar refractivity (Wildman–Crippen MR) is 98.4 cm³/mol. The maximum absolute atomic E-state index is 12.9. The topological polar surface area (TPSA) is 53.9 Å². The average Bonchev–Trinajstić information content (AvgIpc) is 3.16. The zero-order valence-electron chi connectivity index (χ0n) is 15.3. The second kappa shape index (κ2) is 9.12. The summed E-state index contributed by atoms with van der Waals surface area (Å²) in [6.07, 6.45) is 6.92. The Kier molecular flexibility index (Phi) is 6.61. The number of carbonyl (C=O) groups excluding carboxylic acids is 2.